The van der Waals surface area contributed by atoms with Crippen LogP contribution in [0.3, 0.4) is 0 Å². The maximum atomic E-state index is 10.6. The lowest BCUT2D eigenvalue weighted by atomic mass is 9.91. The predicted octanol–water partition coefficient (Wildman–Crippen LogP) is 3.02. The molecule has 1 aliphatic heterocycles. The quantitative estimate of drug-likeness (QED) is 0.624. The highest BCUT2D eigenvalue weighted by Gasteiger charge is 2.20. The summed E-state index contributed by atoms with van der Waals surface area (Å²) >= 11 is 9.48. The molecule has 0 radical (unpaired) electrons. The Bertz CT molecular complexity index is 483. The number of rotatable bonds is 5. The van der Waals surface area contributed by atoms with Crippen molar-refractivity contribution < 1.29 is 14.6 Å². The van der Waals surface area contributed by atoms with Gasteiger partial charge in [0.2, 0.25) is 0 Å². The third kappa shape index (κ3) is 4.65. The second-order valence-corrected chi connectivity index (χ2v) is 6.34. The SMILES string of the molecule is O=C(O)COc1cc(CC2CCNC(Cl)C2)ccc1Br. The van der Waals surface area contributed by atoms with Crippen LogP contribution < -0.4 is 10.1 Å². The Labute approximate surface area is 131 Å². The number of hydrogen-bond donors (Lipinski definition) is 2. The molecule has 1 aromatic rings. The number of carboxylic acids is 1. The maximum absolute atomic E-state index is 10.6. The van der Waals surface area contributed by atoms with Crippen molar-refractivity contribution >= 4 is 33.5 Å². The van der Waals surface area contributed by atoms with E-state index < -0.39 is 5.97 Å². The summed E-state index contributed by atoms with van der Waals surface area (Å²) in [5.41, 5.74) is 1.19. The number of ether oxygens (including phenoxy) is 1. The number of carboxylic acid groups (broad SMARTS) is 1. The summed E-state index contributed by atoms with van der Waals surface area (Å²) in [5, 5.41) is 11.9. The summed E-state index contributed by atoms with van der Waals surface area (Å²) in [6, 6.07) is 5.83. The molecule has 20 heavy (non-hydrogen) atoms. The van der Waals surface area contributed by atoms with E-state index in [0.29, 0.717) is 11.7 Å². The van der Waals surface area contributed by atoms with Gasteiger partial charge in [-0.25, -0.2) is 4.79 Å². The zero-order valence-electron chi connectivity index (χ0n) is 10.9. The molecule has 0 aliphatic carbocycles. The van der Waals surface area contributed by atoms with Crippen molar-refractivity contribution in [1.29, 1.82) is 0 Å². The Kier molecular flexibility index (Phi) is 5.69. The molecule has 2 rings (SSSR count). The van der Waals surface area contributed by atoms with Crippen LogP contribution in [0.25, 0.3) is 0 Å². The highest BCUT2D eigenvalue weighted by molar-refractivity contribution is 9.10. The van der Waals surface area contributed by atoms with Crippen molar-refractivity contribution in [2.45, 2.75) is 24.8 Å². The van der Waals surface area contributed by atoms with Gasteiger partial charge in [-0.05, 0) is 65.4 Å². The summed E-state index contributed by atoms with van der Waals surface area (Å²) < 4.78 is 6.03. The summed E-state index contributed by atoms with van der Waals surface area (Å²) in [5.74, 6) is 0.138. The molecule has 2 unspecified atom stereocenters. The van der Waals surface area contributed by atoms with E-state index in [9.17, 15) is 4.79 Å². The van der Waals surface area contributed by atoms with Crippen molar-refractivity contribution in [3.8, 4) is 5.75 Å². The van der Waals surface area contributed by atoms with E-state index in [1.807, 2.05) is 18.2 Å². The van der Waals surface area contributed by atoms with Crippen LogP contribution in [-0.4, -0.2) is 29.7 Å². The Balaban J connectivity index is 2.00. The molecule has 0 amide bonds. The summed E-state index contributed by atoms with van der Waals surface area (Å²) in [6.07, 6.45) is 2.98. The Morgan fingerprint density at radius 1 is 1.55 bits per heavy atom. The van der Waals surface area contributed by atoms with Crippen molar-refractivity contribution in [3.63, 3.8) is 0 Å². The number of carbonyl (C=O) groups is 1. The minimum absolute atomic E-state index is 0.0481. The normalized spacial score (nSPS) is 22.5. The lowest BCUT2D eigenvalue weighted by Crippen LogP contribution is -2.34. The van der Waals surface area contributed by atoms with Crippen molar-refractivity contribution in [2.75, 3.05) is 13.2 Å². The van der Waals surface area contributed by atoms with Gasteiger partial charge in [0.25, 0.3) is 0 Å². The molecule has 4 nitrogen and oxygen atoms in total. The van der Waals surface area contributed by atoms with Crippen LogP contribution in [0.5, 0.6) is 5.75 Å². The molecule has 0 saturated carbocycles. The van der Waals surface area contributed by atoms with E-state index in [1.165, 1.54) is 0 Å². The van der Waals surface area contributed by atoms with Crippen LogP contribution in [0.15, 0.2) is 22.7 Å². The van der Waals surface area contributed by atoms with Crippen molar-refractivity contribution in [3.05, 3.63) is 28.2 Å². The molecule has 110 valence electrons. The van der Waals surface area contributed by atoms with Gasteiger partial charge in [0.1, 0.15) is 5.75 Å². The highest BCUT2D eigenvalue weighted by atomic mass is 79.9. The number of piperidine rings is 1. The fourth-order valence-corrected chi connectivity index (χ4v) is 3.10. The van der Waals surface area contributed by atoms with Gasteiger partial charge in [-0.15, -0.1) is 11.6 Å². The second kappa shape index (κ2) is 7.29. The van der Waals surface area contributed by atoms with Crippen molar-refractivity contribution in [2.24, 2.45) is 5.92 Å². The predicted molar refractivity (Wildman–Crippen MR) is 81.3 cm³/mol. The second-order valence-electron chi connectivity index (χ2n) is 4.96. The van der Waals surface area contributed by atoms with Gasteiger partial charge in [-0.1, -0.05) is 6.07 Å². The molecule has 1 fully saturated rings. The van der Waals surface area contributed by atoms with Crippen LogP contribution in [0.2, 0.25) is 0 Å². The van der Waals surface area contributed by atoms with E-state index in [1.54, 1.807) is 0 Å². The molecule has 2 N–H and O–H groups in total. The van der Waals surface area contributed by atoms with Gasteiger partial charge < -0.3 is 15.2 Å². The molecular formula is C14H17BrClNO3. The highest BCUT2D eigenvalue weighted by Crippen LogP contribution is 2.29. The van der Waals surface area contributed by atoms with Crippen molar-refractivity contribution in [1.82, 2.24) is 5.32 Å². The van der Waals surface area contributed by atoms with Gasteiger partial charge in [0.05, 0.1) is 9.97 Å². The number of nitrogens with one attached hydrogen (secondary N) is 1. The smallest absolute Gasteiger partial charge is 0.341 e. The number of halogens is 2. The lowest BCUT2D eigenvalue weighted by Gasteiger charge is -2.26. The Hall–Kier alpha value is -0.780. The van der Waals surface area contributed by atoms with Gasteiger partial charge >= 0.3 is 5.97 Å². The molecule has 0 aromatic heterocycles. The molecule has 1 heterocycles. The van der Waals surface area contributed by atoms with E-state index in [0.717, 1.165) is 35.8 Å². The van der Waals surface area contributed by atoms with Crippen LogP contribution in [-0.2, 0) is 11.2 Å². The van der Waals surface area contributed by atoms with E-state index in [-0.39, 0.29) is 12.1 Å². The monoisotopic (exact) mass is 361 g/mol. The zero-order chi connectivity index (χ0) is 14.5. The molecule has 2 atom stereocenters. The Morgan fingerprint density at radius 3 is 3.05 bits per heavy atom. The number of aliphatic carboxylic acids is 1. The summed E-state index contributed by atoms with van der Waals surface area (Å²) in [7, 11) is 0. The maximum Gasteiger partial charge on any atom is 0.341 e. The molecule has 0 spiro atoms. The van der Waals surface area contributed by atoms with Gasteiger partial charge in [0, 0.05) is 0 Å². The van der Waals surface area contributed by atoms with Gasteiger partial charge in [-0.2, -0.15) is 0 Å². The average Bonchev–Trinajstić information content (AvgIpc) is 2.39. The minimum atomic E-state index is -0.981. The minimum Gasteiger partial charge on any atom is -0.481 e. The first-order chi connectivity index (χ1) is 9.54. The molecule has 1 aliphatic rings. The van der Waals surface area contributed by atoms with Crippen LogP contribution in [0.1, 0.15) is 18.4 Å². The average molecular weight is 363 g/mol. The standard InChI is InChI=1S/C14H17BrClNO3/c15-11-2-1-9(6-12(11)20-8-14(18)19)5-10-3-4-17-13(16)7-10/h1-2,6,10,13,17H,3-5,7-8H2,(H,18,19). The summed E-state index contributed by atoms with van der Waals surface area (Å²) in [6.45, 7) is 0.608. The molecule has 6 heteroatoms. The summed E-state index contributed by atoms with van der Waals surface area (Å²) in [4.78, 5) is 10.6. The molecular weight excluding hydrogens is 346 g/mol. The van der Waals surface area contributed by atoms with Crippen LogP contribution >= 0.6 is 27.5 Å². The molecule has 1 saturated heterocycles. The number of alkyl halides is 1. The van der Waals surface area contributed by atoms with Gasteiger partial charge in [0.15, 0.2) is 6.61 Å². The fraction of sp³-hybridized carbons (Fsp3) is 0.500. The van der Waals surface area contributed by atoms with E-state index in [4.69, 9.17) is 21.4 Å². The zero-order valence-corrected chi connectivity index (χ0v) is 13.3. The number of hydrogen-bond acceptors (Lipinski definition) is 3. The van der Waals surface area contributed by atoms with E-state index in [2.05, 4.69) is 21.2 Å². The first kappa shape index (κ1) is 15.6. The fourth-order valence-electron chi connectivity index (χ4n) is 2.38. The van der Waals surface area contributed by atoms with Crippen LogP contribution in [0, 0.1) is 5.92 Å². The number of benzene rings is 1. The first-order valence-corrected chi connectivity index (χ1v) is 7.78. The molecule has 0 bridgehead atoms. The lowest BCUT2D eigenvalue weighted by molar-refractivity contribution is -0.139. The third-order valence-corrected chi connectivity index (χ3v) is 4.32. The molecule has 1 aromatic carbocycles. The van der Waals surface area contributed by atoms with Gasteiger partial charge in [-0.3, -0.25) is 0 Å². The van der Waals surface area contributed by atoms with Crippen LogP contribution in [0.4, 0.5) is 0 Å². The third-order valence-electron chi connectivity index (χ3n) is 3.33. The largest absolute Gasteiger partial charge is 0.481 e. The van der Waals surface area contributed by atoms with E-state index >= 15 is 0 Å². The topological polar surface area (TPSA) is 58.6 Å². The Morgan fingerprint density at radius 2 is 2.35 bits per heavy atom. The first-order valence-electron chi connectivity index (χ1n) is 6.55.